The molecule has 5 N–H and O–H groups in total. The van der Waals surface area contributed by atoms with Crippen molar-refractivity contribution in [2.75, 3.05) is 5.73 Å². The number of tetrazole rings is 1. The number of H-pyrrole nitrogens is 2. The summed E-state index contributed by atoms with van der Waals surface area (Å²) >= 11 is 0. The number of nitrogen functional groups attached to an aromatic ring is 1. The molecule has 16 heavy (non-hydrogen) atoms. The molecule has 84 valence electrons. The second-order valence-corrected chi connectivity index (χ2v) is 3.17. The Labute approximate surface area is 89.8 Å². The summed E-state index contributed by atoms with van der Waals surface area (Å²) in [5.41, 5.74) is 5.66. The molecule has 9 nitrogen and oxygen atoms in total. The zero-order valence-electron chi connectivity index (χ0n) is 8.43. The van der Waals surface area contributed by atoms with Crippen molar-refractivity contribution in [3.8, 4) is 0 Å². The molecule has 2 aromatic heterocycles. The highest BCUT2D eigenvalue weighted by Crippen LogP contribution is 2.06. The standard InChI is InChI=1S/C7H10N8O/c1-3(6-12-14-15-13-6)9-7(16)4-2-5(8)11-10-4/h2-3H,1H3,(H,9,16)(H3,8,10,11)(H,12,13,14,15). The molecule has 0 aliphatic carbocycles. The first kappa shape index (κ1) is 10.1. The number of aromatic nitrogens is 6. The Balaban J connectivity index is 2.03. The molecule has 0 saturated carbocycles. The number of aromatic amines is 2. The van der Waals surface area contributed by atoms with Gasteiger partial charge in [-0.25, -0.2) is 0 Å². The lowest BCUT2D eigenvalue weighted by atomic mass is 10.3. The molecular weight excluding hydrogens is 212 g/mol. The largest absolute Gasteiger partial charge is 0.382 e. The number of hydrogen-bond acceptors (Lipinski definition) is 6. The van der Waals surface area contributed by atoms with Crippen LogP contribution in [0.1, 0.15) is 29.3 Å². The molecule has 0 saturated heterocycles. The van der Waals surface area contributed by atoms with Gasteiger partial charge in [0.1, 0.15) is 11.5 Å². The maximum absolute atomic E-state index is 11.6. The van der Waals surface area contributed by atoms with Crippen molar-refractivity contribution >= 4 is 11.7 Å². The molecule has 2 rings (SSSR count). The van der Waals surface area contributed by atoms with Crippen molar-refractivity contribution in [3.05, 3.63) is 17.6 Å². The van der Waals surface area contributed by atoms with E-state index in [9.17, 15) is 4.79 Å². The Morgan fingerprint density at radius 1 is 1.56 bits per heavy atom. The lowest BCUT2D eigenvalue weighted by molar-refractivity contribution is 0.0933. The number of carbonyl (C=O) groups is 1. The van der Waals surface area contributed by atoms with E-state index in [2.05, 4.69) is 36.1 Å². The first-order valence-electron chi connectivity index (χ1n) is 4.52. The SMILES string of the molecule is CC(NC(=O)c1cc(N)n[nH]1)c1nn[nH]n1. The molecule has 0 spiro atoms. The lowest BCUT2D eigenvalue weighted by Crippen LogP contribution is -2.27. The highest BCUT2D eigenvalue weighted by atomic mass is 16.2. The van der Waals surface area contributed by atoms with Gasteiger partial charge in [0.15, 0.2) is 5.82 Å². The Bertz CT molecular complexity index is 474. The van der Waals surface area contributed by atoms with Gasteiger partial charge >= 0.3 is 0 Å². The van der Waals surface area contributed by atoms with Crippen molar-refractivity contribution < 1.29 is 4.79 Å². The minimum absolute atomic E-state index is 0.261. The first-order valence-corrected chi connectivity index (χ1v) is 4.52. The molecule has 9 heteroatoms. The van der Waals surface area contributed by atoms with E-state index in [0.717, 1.165) is 0 Å². The summed E-state index contributed by atoms with van der Waals surface area (Å²) in [4.78, 5) is 11.6. The molecule has 1 amide bonds. The van der Waals surface area contributed by atoms with E-state index in [1.165, 1.54) is 6.07 Å². The van der Waals surface area contributed by atoms with E-state index in [0.29, 0.717) is 5.82 Å². The first-order chi connectivity index (χ1) is 7.66. The molecule has 1 atom stereocenters. The maximum Gasteiger partial charge on any atom is 0.269 e. The van der Waals surface area contributed by atoms with Gasteiger partial charge in [0.2, 0.25) is 0 Å². The van der Waals surface area contributed by atoms with Crippen LogP contribution >= 0.6 is 0 Å². The van der Waals surface area contributed by atoms with Gasteiger partial charge in [0.25, 0.3) is 5.91 Å². The average molecular weight is 222 g/mol. The smallest absolute Gasteiger partial charge is 0.269 e. The number of nitrogens with two attached hydrogens (primary N) is 1. The Morgan fingerprint density at radius 2 is 2.38 bits per heavy atom. The van der Waals surface area contributed by atoms with Gasteiger partial charge < -0.3 is 11.1 Å². The van der Waals surface area contributed by atoms with Gasteiger partial charge in [-0.05, 0) is 6.92 Å². The minimum atomic E-state index is -0.351. The zero-order chi connectivity index (χ0) is 11.5. The predicted octanol–water partition coefficient (Wildman–Crippen LogP) is -1.00. The van der Waals surface area contributed by atoms with Crippen LogP contribution in [0.4, 0.5) is 5.82 Å². The van der Waals surface area contributed by atoms with Crippen molar-refractivity contribution in [1.82, 2.24) is 36.1 Å². The molecule has 0 fully saturated rings. The highest BCUT2D eigenvalue weighted by Gasteiger charge is 2.15. The average Bonchev–Trinajstić information content (AvgIpc) is 2.87. The van der Waals surface area contributed by atoms with Crippen LogP contribution in [0, 0.1) is 0 Å². The van der Waals surface area contributed by atoms with Crippen LogP contribution in [0.25, 0.3) is 0 Å². The summed E-state index contributed by atoms with van der Waals surface area (Å²) in [5.74, 6) is 0.333. The van der Waals surface area contributed by atoms with E-state index >= 15 is 0 Å². The number of nitrogens with one attached hydrogen (secondary N) is 3. The molecule has 2 aromatic rings. The number of anilines is 1. The van der Waals surface area contributed by atoms with Crippen LogP contribution in [0.2, 0.25) is 0 Å². The number of amides is 1. The van der Waals surface area contributed by atoms with Gasteiger partial charge in [-0.2, -0.15) is 10.3 Å². The third-order valence-corrected chi connectivity index (χ3v) is 1.94. The molecule has 0 radical (unpaired) electrons. The fraction of sp³-hybridized carbons (Fsp3) is 0.286. The van der Waals surface area contributed by atoms with Crippen LogP contribution in [-0.4, -0.2) is 36.7 Å². The quantitative estimate of drug-likeness (QED) is 0.525. The second kappa shape index (κ2) is 3.96. The van der Waals surface area contributed by atoms with E-state index in [1.54, 1.807) is 6.92 Å². The van der Waals surface area contributed by atoms with Crippen LogP contribution < -0.4 is 11.1 Å². The maximum atomic E-state index is 11.6. The third-order valence-electron chi connectivity index (χ3n) is 1.94. The zero-order valence-corrected chi connectivity index (χ0v) is 8.43. The third kappa shape index (κ3) is 1.97. The van der Waals surface area contributed by atoms with Gasteiger partial charge in [-0.15, -0.1) is 10.2 Å². The Hall–Kier alpha value is -2.45. The Morgan fingerprint density at radius 3 is 2.94 bits per heavy atom. The second-order valence-electron chi connectivity index (χ2n) is 3.17. The van der Waals surface area contributed by atoms with Crippen molar-refractivity contribution in [2.45, 2.75) is 13.0 Å². The summed E-state index contributed by atoms with van der Waals surface area (Å²) < 4.78 is 0. The fourth-order valence-electron chi connectivity index (χ4n) is 1.15. The summed E-state index contributed by atoms with van der Waals surface area (Å²) in [6.45, 7) is 1.74. The molecule has 0 aromatic carbocycles. The van der Waals surface area contributed by atoms with Crippen molar-refractivity contribution in [2.24, 2.45) is 0 Å². The van der Waals surface area contributed by atoms with Crippen molar-refractivity contribution in [3.63, 3.8) is 0 Å². The number of rotatable bonds is 3. The topological polar surface area (TPSA) is 138 Å². The van der Waals surface area contributed by atoms with Crippen LogP contribution in [-0.2, 0) is 0 Å². The molecule has 0 bridgehead atoms. The molecular formula is C7H10N8O. The Kier molecular flexibility index (Phi) is 2.50. The van der Waals surface area contributed by atoms with Crippen LogP contribution in [0.3, 0.4) is 0 Å². The molecule has 1 unspecified atom stereocenters. The highest BCUT2D eigenvalue weighted by molar-refractivity contribution is 5.93. The summed E-state index contributed by atoms with van der Waals surface area (Å²) in [7, 11) is 0. The number of hydrogen-bond donors (Lipinski definition) is 4. The predicted molar refractivity (Wildman–Crippen MR) is 53.1 cm³/mol. The summed E-state index contributed by atoms with van der Waals surface area (Å²) in [6, 6.07) is 1.09. The van der Waals surface area contributed by atoms with Gasteiger partial charge in [0.05, 0.1) is 6.04 Å². The van der Waals surface area contributed by atoms with E-state index in [-0.39, 0.29) is 23.5 Å². The minimum Gasteiger partial charge on any atom is -0.382 e. The molecule has 2 heterocycles. The number of carbonyl (C=O) groups excluding carboxylic acids is 1. The van der Waals surface area contributed by atoms with Crippen LogP contribution in [0.15, 0.2) is 6.07 Å². The number of nitrogens with zero attached hydrogens (tertiary/aromatic N) is 4. The normalized spacial score (nSPS) is 12.3. The van der Waals surface area contributed by atoms with Gasteiger partial charge in [-0.3, -0.25) is 9.89 Å². The van der Waals surface area contributed by atoms with Gasteiger partial charge in [0, 0.05) is 6.07 Å². The van der Waals surface area contributed by atoms with Crippen LogP contribution in [0.5, 0.6) is 0 Å². The van der Waals surface area contributed by atoms with E-state index < -0.39 is 0 Å². The fourth-order valence-corrected chi connectivity index (χ4v) is 1.15. The van der Waals surface area contributed by atoms with Crippen molar-refractivity contribution in [1.29, 1.82) is 0 Å². The summed E-state index contributed by atoms with van der Waals surface area (Å²) in [6.07, 6.45) is 0. The molecule has 0 aliphatic heterocycles. The van der Waals surface area contributed by atoms with Gasteiger partial charge in [-0.1, -0.05) is 5.21 Å². The van der Waals surface area contributed by atoms with E-state index in [4.69, 9.17) is 5.73 Å². The lowest BCUT2D eigenvalue weighted by Gasteiger charge is -2.07. The monoisotopic (exact) mass is 222 g/mol. The molecule has 0 aliphatic rings. The van der Waals surface area contributed by atoms with E-state index in [1.807, 2.05) is 0 Å². The summed E-state index contributed by atoms with van der Waals surface area (Å²) in [5, 5.41) is 22.0.